The number of rotatable bonds is 3. The molecule has 0 radical (unpaired) electrons. The third kappa shape index (κ3) is 4.34. The van der Waals surface area contributed by atoms with Crippen molar-refractivity contribution in [2.75, 3.05) is 26.7 Å². The van der Waals surface area contributed by atoms with E-state index < -0.39 is 5.92 Å². The highest BCUT2D eigenvalue weighted by Gasteiger charge is 2.37. The highest BCUT2D eigenvalue weighted by Crippen LogP contribution is 2.37. The quantitative estimate of drug-likeness (QED) is 0.846. The molecule has 0 aromatic rings. The fourth-order valence-electron chi connectivity index (χ4n) is 3.03. The Kier molecular flexibility index (Phi) is 5.61. The zero-order valence-corrected chi connectivity index (χ0v) is 11.2. The minimum absolute atomic E-state index is 0. The predicted octanol–water partition coefficient (Wildman–Crippen LogP) is 2.53. The fourth-order valence-corrected chi connectivity index (χ4v) is 3.03. The van der Waals surface area contributed by atoms with E-state index in [1.807, 2.05) is 7.05 Å². The Morgan fingerprint density at radius 3 is 2.71 bits per heavy atom. The summed E-state index contributed by atoms with van der Waals surface area (Å²) in [6, 6.07) is 0.559. The van der Waals surface area contributed by atoms with Gasteiger partial charge in [0.1, 0.15) is 0 Å². The van der Waals surface area contributed by atoms with Crippen LogP contribution in [0.15, 0.2) is 0 Å². The van der Waals surface area contributed by atoms with E-state index in [-0.39, 0.29) is 31.2 Å². The molecule has 102 valence electrons. The van der Waals surface area contributed by atoms with Gasteiger partial charge in [0.15, 0.2) is 0 Å². The van der Waals surface area contributed by atoms with Crippen LogP contribution < -0.4 is 5.32 Å². The highest BCUT2D eigenvalue weighted by atomic mass is 35.5. The van der Waals surface area contributed by atoms with E-state index in [0.717, 1.165) is 32.5 Å². The number of hydrogen-bond acceptors (Lipinski definition) is 2. The van der Waals surface area contributed by atoms with Gasteiger partial charge in [0.2, 0.25) is 5.92 Å². The van der Waals surface area contributed by atoms with E-state index in [0.29, 0.717) is 12.5 Å². The number of alkyl halides is 2. The first-order chi connectivity index (χ1) is 7.59. The molecule has 1 heterocycles. The SMILES string of the molecule is CNC1CCN(CC2CCCC(F)(F)C2)C1.Cl. The van der Waals surface area contributed by atoms with Gasteiger partial charge >= 0.3 is 0 Å². The van der Waals surface area contributed by atoms with Crippen LogP contribution in [0.5, 0.6) is 0 Å². The van der Waals surface area contributed by atoms with Crippen molar-refractivity contribution in [2.24, 2.45) is 5.92 Å². The predicted molar refractivity (Wildman–Crippen MR) is 68.1 cm³/mol. The molecule has 2 nitrogen and oxygen atoms in total. The maximum Gasteiger partial charge on any atom is 0.248 e. The van der Waals surface area contributed by atoms with Crippen LogP contribution in [-0.2, 0) is 0 Å². The minimum Gasteiger partial charge on any atom is -0.316 e. The molecular formula is C12H23ClF2N2. The van der Waals surface area contributed by atoms with Crippen molar-refractivity contribution >= 4 is 12.4 Å². The molecule has 2 atom stereocenters. The van der Waals surface area contributed by atoms with Gasteiger partial charge in [-0.3, -0.25) is 0 Å². The largest absolute Gasteiger partial charge is 0.316 e. The van der Waals surface area contributed by atoms with Crippen LogP contribution in [0.2, 0.25) is 0 Å². The first-order valence-electron chi connectivity index (χ1n) is 6.36. The van der Waals surface area contributed by atoms with Gasteiger partial charge in [0.05, 0.1) is 0 Å². The number of nitrogens with one attached hydrogen (secondary N) is 1. The van der Waals surface area contributed by atoms with E-state index >= 15 is 0 Å². The lowest BCUT2D eigenvalue weighted by Gasteiger charge is -2.31. The summed E-state index contributed by atoms with van der Waals surface area (Å²) in [6.07, 6.45) is 3.03. The average Bonchev–Trinajstić information content (AvgIpc) is 2.64. The summed E-state index contributed by atoms with van der Waals surface area (Å²) < 4.78 is 26.5. The second-order valence-electron chi connectivity index (χ2n) is 5.35. The molecule has 1 saturated carbocycles. The summed E-state index contributed by atoms with van der Waals surface area (Å²) in [5, 5.41) is 3.26. The van der Waals surface area contributed by atoms with Gasteiger partial charge in [-0.25, -0.2) is 8.78 Å². The van der Waals surface area contributed by atoms with Crippen molar-refractivity contribution in [3.05, 3.63) is 0 Å². The Hall–Kier alpha value is 0.0700. The van der Waals surface area contributed by atoms with E-state index in [4.69, 9.17) is 0 Å². The van der Waals surface area contributed by atoms with Crippen LogP contribution in [0.3, 0.4) is 0 Å². The van der Waals surface area contributed by atoms with Crippen molar-refractivity contribution in [2.45, 2.75) is 44.1 Å². The molecule has 1 saturated heterocycles. The number of likely N-dealkylation sites (tertiary alicyclic amines) is 1. The summed E-state index contributed by atoms with van der Waals surface area (Å²) in [4.78, 5) is 2.34. The van der Waals surface area contributed by atoms with Crippen LogP contribution in [-0.4, -0.2) is 43.5 Å². The standard InChI is InChI=1S/C12H22F2N2.ClH/c1-15-11-4-6-16(9-11)8-10-3-2-5-12(13,14)7-10;/h10-11,15H,2-9H2,1H3;1H. The maximum atomic E-state index is 13.2. The Labute approximate surface area is 109 Å². The smallest absolute Gasteiger partial charge is 0.248 e. The molecular weight excluding hydrogens is 246 g/mol. The van der Waals surface area contributed by atoms with Crippen LogP contribution in [0, 0.1) is 5.92 Å². The van der Waals surface area contributed by atoms with E-state index in [2.05, 4.69) is 10.2 Å². The van der Waals surface area contributed by atoms with Crippen LogP contribution in [0.25, 0.3) is 0 Å². The van der Waals surface area contributed by atoms with Crippen LogP contribution in [0.4, 0.5) is 8.78 Å². The normalized spacial score (nSPS) is 33.4. The third-order valence-electron chi connectivity index (χ3n) is 3.94. The van der Waals surface area contributed by atoms with Gasteiger partial charge in [0.25, 0.3) is 0 Å². The number of halogens is 3. The second kappa shape index (κ2) is 6.30. The molecule has 2 rings (SSSR count). The van der Waals surface area contributed by atoms with Crippen molar-refractivity contribution in [3.8, 4) is 0 Å². The van der Waals surface area contributed by atoms with Crippen molar-refractivity contribution in [1.82, 2.24) is 10.2 Å². The lowest BCUT2D eigenvalue weighted by atomic mass is 9.86. The van der Waals surface area contributed by atoms with E-state index in [1.165, 1.54) is 0 Å². The van der Waals surface area contributed by atoms with Gasteiger partial charge < -0.3 is 10.2 Å². The highest BCUT2D eigenvalue weighted by molar-refractivity contribution is 5.85. The number of nitrogens with zero attached hydrogens (tertiary/aromatic N) is 1. The summed E-state index contributed by atoms with van der Waals surface area (Å²) in [5.74, 6) is -2.19. The average molecular weight is 269 g/mol. The number of hydrogen-bond donors (Lipinski definition) is 1. The Morgan fingerprint density at radius 2 is 2.12 bits per heavy atom. The molecule has 2 unspecified atom stereocenters. The topological polar surface area (TPSA) is 15.3 Å². The zero-order chi connectivity index (χ0) is 11.6. The van der Waals surface area contributed by atoms with Gasteiger partial charge in [-0.2, -0.15) is 0 Å². The van der Waals surface area contributed by atoms with E-state index in [1.54, 1.807) is 0 Å². The second-order valence-corrected chi connectivity index (χ2v) is 5.35. The van der Waals surface area contributed by atoms with Gasteiger partial charge in [0, 0.05) is 32.0 Å². The Balaban J connectivity index is 0.00000144. The molecule has 2 aliphatic rings. The summed E-state index contributed by atoms with van der Waals surface area (Å²) in [7, 11) is 1.98. The lowest BCUT2D eigenvalue weighted by Crippen LogP contribution is -2.36. The molecule has 1 aliphatic heterocycles. The van der Waals surface area contributed by atoms with Gasteiger partial charge in [-0.15, -0.1) is 12.4 Å². The van der Waals surface area contributed by atoms with Crippen LogP contribution in [0.1, 0.15) is 32.1 Å². The molecule has 5 heteroatoms. The summed E-state index contributed by atoms with van der Waals surface area (Å²) >= 11 is 0. The van der Waals surface area contributed by atoms with Gasteiger partial charge in [-0.05, 0) is 38.8 Å². The molecule has 0 aromatic carbocycles. The number of likely N-dealkylation sites (N-methyl/N-ethyl adjacent to an activating group) is 1. The monoisotopic (exact) mass is 268 g/mol. The van der Waals surface area contributed by atoms with Gasteiger partial charge in [-0.1, -0.05) is 0 Å². The fraction of sp³-hybridized carbons (Fsp3) is 1.00. The minimum atomic E-state index is -2.40. The molecule has 2 fully saturated rings. The zero-order valence-electron chi connectivity index (χ0n) is 10.4. The van der Waals surface area contributed by atoms with E-state index in [9.17, 15) is 8.78 Å². The maximum absolute atomic E-state index is 13.2. The third-order valence-corrected chi connectivity index (χ3v) is 3.94. The Bertz CT molecular complexity index is 239. The molecule has 1 aliphatic carbocycles. The van der Waals surface area contributed by atoms with Crippen molar-refractivity contribution in [3.63, 3.8) is 0 Å². The molecule has 0 amide bonds. The van der Waals surface area contributed by atoms with Crippen molar-refractivity contribution in [1.29, 1.82) is 0 Å². The molecule has 0 aromatic heterocycles. The van der Waals surface area contributed by atoms with Crippen LogP contribution >= 0.6 is 12.4 Å². The summed E-state index contributed by atoms with van der Waals surface area (Å²) in [6.45, 7) is 2.96. The first kappa shape index (κ1) is 15.1. The molecule has 1 N–H and O–H groups in total. The summed E-state index contributed by atoms with van der Waals surface area (Å²) in [5.41, 5.74) is 0. The Morgan fingerprint density at radius 1 is 1.35 bits per heavy atom. The molecule has 0 bridgehead atoms. The van der Waals surface area contributed by atoms with Crippen molar-refractivity contribution < 1.29 is 8.78 Å². The first-order valence-corrected chi connectivity index (χ1v) is 6.36. The molecule has 17 heavy (non-hydrogen) atoms. The molecule has 0 spiro atoms. The lowest BCUT2D eigenvalue weighted by molar-refractivity contribution is -0.0561.